The first-order valence-corrected chi connectivity index (χ1v) is 3.42. The largest absolute Gasteiger partial charge is 0.454 e. The molecule has 5 heteroatoms. The normalized spacial score (nSPS) is 20.9. The highest BCUT2D eigenvalue weighted by Crippen LogP contribution is 2.21. The molecule has 0 unspecified atom stereocenters. The maximum Gasteiger partial charge on any atom is 0.337 e. The molecule has 1 heterocycles. The quantitative estimate of drug-likeness (QED) is 0.378. The minimum absolute atomic E-state index is 0.154. The highest BCUT2D eigenvalue weighted by molar-refractivity contribution is 5.83. The second-order valence-electron chi connectivity index (χ2n) is 2.81. The van der Waals surface area contributed by atoms with Gasteiger partial charge in [-0.25, -0.2) is 9.68 Å². The van der Waals surface area contributed by atoms with Crippen molar-refractivity contribution in [2.75, 3.05) is 6.61 Å². The average Bonchev–Trinajstić information content (AvgIpc) is 1.82. The first-order valence-electron chi connectivity index (χ1n) is 3.42. The van der Waals surface area contributed by atoms with Crippen LogP contribution in [0.3, 0.4) is 0 Å². The number of hydrogen-bond acceptors (Lipinski definition) is 5. The van der Waals surface area contributed by atoms with Crippen molar-refractivity contribution >= 4 is 5.97 Å². The van der Waals surface area contributed by atoms with Gasteiger partial charge in [0.25, 0.3) is 0 Å². The summed E-state index contributed by atoms with van der Waals surface area (Å²) in [6.07, 6.45) is 1.13. The van der Waals surface area contributed by atoms with Crippen LogP contribution in [0.15, 0.2) is 11.8 Å². The zero-order chi connectivity index (χ0) is 9.19. The molecule has 1 N–H and O–H groups in total. The zero-order valence-corrected chi connectivity index (χ0v) is 6.86. The standard InChI is InChI=1S/C7H10O5/c1-7(2)11-5(4-10-9)3-6(8)12-7/h3,9H,4H2,1-2H3. The van der Waals surface area contributed by atoms with E-state index in [1.54, 1.807) is 13.8 Å². The van der Waals surface area contributed by atoms with Gasteiger partial charge in [-0.1, -0.05) is 0 Å². The molecular weight excluding hydrogens is 164 g/mol. The first kappa shape index (κ1) is 9.02. The van der Waals surface area contributed by atoms with Crippen LogP contribution in [0.2, 0.25) is 0 Å². The SMILES string of the molecule is CC1(C)OC(=O)C=C(COO)O1. The van der Waals surface area contributed by atoms with Crippen LogP contribution in [0, 0.1) is 0 Å². The van der Waals surface area contributed by atoms with Gasteiger partial charge in [0.15, 0.2) is 0 Å². The summed E-state index contributed by atoms with van der Waals surface area (Å²) < 4.78 is 9.89. The summed E-state index contributed by atoms with van der Waals surface area (Å²) in [4.78, 5) is 14.7. The second-order valence-corrected chi connectivity index (χ2v) is 2.81. The van der Waals surface area contributed by atoms with Crippen LogP contribution in [0.25, 0.3) is 0 Å². The van der Waals surface area contributed by atoms with Gasteiger partial charge < -0.3 is 9.47 Å². The Morgan fingerprint density at radius 3 is 2.75 bits per heavy atom. The summed E-state index contributed by atoms with van der Waals surface area (Å²) >= 11 is 0. The molecule has 0 atom stereocenters. The Morgan fingerprint density at radius 1 is 1.58 bits per heavy atom. The van der Waals surface area contributed by atoms with Gasteiger partial charge in [-0.2, -0.15) is 0 Å². The smallest absolute Gasteiger partial charge is 0.337 e. The summed E-state index contributed by atoms with van der Waals surface area (Å²) in [7, 11) is 0. The Hall–Kier alpha value is -1.07. The molecule has 0 aliphatic carbocycles. The topological polar surface area (TPSA) is 65.0 Å². The third kappa shape index (κ3) is 2.21. The van der Waals surface area contributed by atoms with E-state index in [9.17, 15) is 4.79 Å². The number of carbonyl (C=O) groups excluding carboxylic acids is 1. The summed E-state index contributed by atoms with van der Waals surface area (Å²) in [5.74, 6) is -1.24. The van der Waals surface area contributed by atoms with Crippen LogP contribution in [-0.4, -0.2) is 23.6 Å². The van der Waals surface area contributed by atoms with Crippen molar-refractivity contribution in [1.82, 2.24) is 0 Å². The van der Waals surface area contributed by atoms with Gasteiger partial charge in [-0.05, 0) is 0 Å². The molecular formula is C7H10O5. The van der Waals surface area contributed by atoms with E-state index in [0.717, 1.165) is 6.08 Å². The fourth-order valence-electron chi connectivity index (χ4n) is 0.904. The van der Waals surface area contributed by atoms with Crippen molar-refractivity contribution in [2.45, 2.75) is 19.6 Å². The first-order chi connectivity index (χ1) is 5.53. The molecule has 0 aromatic rings. The van der Waals surface area contributed by atoms with E-state index in [1.807, 2.05) is 0 Å². The van der Waals surface area contributed by atoms with E-state index in [0.29, 0.717) is 0 Å². The van der Waals surface area contributed by atoms with Crippen molar-refractivity contribution in [3.8, 4) is 0 Å². The third-order valence-corrected chi connectivity index (χ3v) is 1.21. The van der Waals surface area contributed by atoms with Crippen molar-refractivity contribution in [3.63, 3.8) is 0 Å². The van der Waals surface area contributed by atoms with Gasteiger partial charge in [0.2, 0.25) is 5.79 Å². The van der Waals surface area contributed by atoms with Crippen molar-refractivity contribution in [2.24, 2.45) is 0 Å². The second kappa shape index (κ2) is 3.12. The minimum atomic E-state index is -0.986. The van der Waals surface area contributed by atoms with Crippen LogP contribution >= 0.6 is 0 Å². The van der Waals surface area contributed by atoms with E-state index in [2.05, 4.69) is 4.89 Å². The summed E-state index contributed by atoms with van der Waals surface area (Å²) in [5, 5.41) is 8.10. The lowest BCUT2D eigenvalue weighted by Crippen LogP contribution is -2.35. The molecule has 0 fully saturated rings. The molecule has 0 aromatic carbocycles. The van der Waals surface area contributed by atoms with E-state index in [4.69, 9.17) is 14.7 Å². The zero-order valence-electron chi connectivity index (χ0n) is 6.86. The number of cyclic esters (lactones) is 1. The number of rotatable bonds is 2. The molecule has 0 saturated carbocycles. The molecule has 0 aromatic heterocycles. The Bertz CT molecular complexity index is 218. The van der Waals surface area contributed by atoms with Crippen molar-refractivity contribution < 1.29 is 24.4 Å². The molecule has 1 aliphatic heterocycles. The maximum atomic E-state index is 10.8. The molecule has 0 bridgehead atoms. The molecule has 12 heavy (non-hydrogen) atoms. The van der Waals surface area contributed by atoms with Gasteiger partial charge in [-0.3, -0.25) is 5.26 Å². The molecule has 0 saturated heterocycles. The van der Waals surface area contributed by atoms with Crippen molar-refractivity contribution in [1.29, 1.82) is 0 Å². The van der Waals surface area contributed by atoms with Gasteiger partial charge in [0, 0.05) is 13.8 Å². The average molecular weight is 174 g/mol. The molecule has 0 amide bonds. The van der Waals surface area contributed by atoms with E-state index in [1.165, 1.54) is 0 Å². The molecule has 68 valence electrons. The number of ether oxygens (including phenoxy) is 2. The maximum absolute atomic E-state index is 10.8. The van der Waals surface area contributed by atoms with Crippen LogP contribution in [0.5, 0.6) is 0 Å². The van der Waals surface area contributed by atoms with E-state index >= 15 is 0 Å². The van der Waals surface area contributed by atoms with E-state index in [-0.39, 0.29) is 12.4 Å². The highest BCUT2D eigenvalue weighted by Gasteiger charge is 2.29. The van der Waals surface area contributed by atoms with Crippen LogP contribution in [0.1, 0.15) is 13.8 Å². The molecule has 5 nitrogen and oxygen atoms in total. The Morgan fingerprint density at radius 2 is 2.25 bits per heavy atom. The molecule has 1 aliphatic rings. The van der Waals surface area contributed by atoms with E-state index < -0.39 is 11.8 Å². The molecule has 1 rings (SSSR count). The fraction of sp³-hybridized carbons (Fsp3) is 0.571. The number of carbonyl (C=O) groups is 1. The summed E-state index contributed by atoms with van der Waals surface area (Å²) in [5.41, 5.74) is 0. The predicted octanol–water partition coefficient (Wildman–Crippen LogP) is 0.669. The predicted molar refractivity (Wildman–Crippen MR) is 37.9 cm³/mol. The van der Waals surface area contributed by atoms with Crippen LogP contribution in [-0.2, 0) is 19.2 Å². The van der Waals surface area contributed by atoms with Gasteiger partial charge in [-0.15, -0.1) is 0 Å². The lowest BCUT2D eigenvalue weighted by atomic mass is 10.3. The van der Waals surface area contributed by atoms with Gasteiger partial charge >= 0.3 is 5.97 Å². The van der Waals surface area contributed by atoms with Gasteiger partial charge in [0.1, 0.15) is 12.4 Å². The Kier molecular flexibility index (Phi) is 2.35. The van der Waals surface area contributed by atoms with Gasteiger partial charge in [0.05, 0.1) is 6.08 Å². The monoisotopic (exact) mass is 174 g/mol. The lowest BCUT2D eigenvalue weighted by Gasteiger charge is -2.29. The third-order valence-electron chi connectivity index (χ3n) is 1.21. The fourth-order valence-corrected chi connectivity index (χ4v) is 0.904. The summed E-state index contributed by atoms with van der Waals surface area (Å²) in [6.45, 7) is 3.03. The summed E-state index contributed by atoms with van der Waals surface area (Å²) in [6, 6.07) is 0. The molecule has 0 spiro atoms. The Labute approximate surface area is 69.5 Å². The number of hydrogen-bond donors (Lipinski definition) is 1. The van der Waals surface area contributed by atoms with Crippen LogP contribution in [0.4, 0.5) is 0 Å². The minimum Gasteiger partial charge on any atom is -0.454 e. The highest BCUT2D eigenvalue weighted by atomic mass is 17.1. The van der Waals surface area contributed by atoms with Crippen molar-refractivity contribution in [3.05, 3.63) is 11.8 Å². The Balaban J connectivity index is 2.69. The lowest BCUT2D eigenvalue weighted by molar-refractivity contribution is -0.256. The number of esters is 1. The molecule has 0 radical (unpaired) electrons. The van der Waals surface area contributed by atoms with Crippen LogP contribution < -0.4 is 0 Å².